The second-order valence-corrected chi connectivity index (χ2v) is 22.9. The number of halogens is 4. The Morgan fingerprint density at radius 1 is 0.456 bits per heavy atom. The molecule has 0 spiro atoms. The van der Waals surface area contributed by atoms with Crippen molar-refractivity contribution in [1.82, 2.24) is 4.57 Å². The summed E-state index contributed by atoms with van der Waals surface area (Å²) in [6, 6.07) is 40.9. The van der Waals surface area contributed by atoms with E-state index in [4.69, 9.17) is 14.6 Å². The second-order valence-electron chi connectivity index (χ2n) is 22.9. The lowest BCUT2D eigenvalue weighted by molar-refractivity contribution is -0.602. The Hall–Kier alpha value is -7.01. The number of alkyl halides is 2. The number of imidazole rings is 1. The fourth-order valence-electron chi connectivity index (χ4n) is 10.1. The maximum atomic E-state index is 16.2. The SMILES string of the molecule is CC(C)c1cccc(C(C)C)c1N1C=CN(c2c(C(C)C)cccc2C(C)C)C1(F)F.COc1ccc(Oc2n(-c3c(C(C)C)cccc3C(C)C)cc[n+]2-c2c(C(C)C)cccc2C(C)C)cc1.Cc1ccc(O)cc1.F.[F-]. The zero-order chi connectivity index (χ0) is 56.6. The van der Waals surface area contributed by atoms with Gasteiger partial charge in [0.25, 0.3) is 0 Å². The molecule has 0 bridgehead atoms. The van der Waals surface area contributed by atoms with Crippen LogP contribution in [0.25, 0.3) is 11.4 Å². The van der Waals surface area contributed by atoms with Gasteiger partial charge >= 0.3 is 12.2 Å². The molecule has 7 aromatic rings. The first-order valence-corrected chi connectivity index (χ1v) is 27.8. The number of methoxy groups -OCH3 is 1. The number of hydrogen-bond acceptors (Lipinski definition) is 5. The third-order valence-corrected chi connectivity index (χ3v) is 14.4. The van der Waals surface area contributed by atoms with Gasteiger partial charge in [-0.25, -0.2) is 0 Å². The average Bonchev–Trinajstić information content (AvgIpc) is 3.94. The highest BCUT2D eigenvalue weighted by molar-refractivity contribution is 5.72. The van der Waals surface area contributed by atoms with Gasteiger partial charge in [0.05, 0.1) is 18.5 Å². The van der Waals surface area contributed by atoms with E-state index >= 15 is 8.78 Å². The Bertz CT molecular complexity index is 2800. The molecule has 1 aliphatic rings. The summed E-state index contributed by atoms with van der Waals surface area (Å²) in [5, 5.41) is 8.76. The lowest BCUT2D eigenvalue weighted by atomic mass is 9.91. The topological polar surface area (TPSA) is 54.0 Å². The number of aryl methyl sites for hydroxylation is 1. The van der Waals surface area contributed by atoms with Crippen LogP contribution in [0, 0.1) is 6.92 Å². The third kappa shape index (κ3) is 14.4. The normalized spacial score (nSPS) is 12.8. The van der Waals surface area contributed by atoms with Crippen molar-refractivity contribution in [1.29, 1.82) is 0 Å². The maximum absolute atomic E-state index is 16.2. The smallest absolute Gasteiger partial charge is 0.472 e. The number of hydrogen-bond donors (Lipinski definition) is 1. The fourth-order valence-corrected chi connectivity index (χ4v) is 10.1. The molecule has 11 heteroatoms. The van der Waals surface area contributed by atoms with Crippen molar-refractivity contribution in [3.05, 3.63) is 196 Å². The fraction of sp³-hybridized carbons (Fsp3) is 0.397. The van der Waals surface area contributed by atoms with Crippen molar-refractivity contribution in [2.75, 3.05) is 16.9 Å². The third-order valence-electron chi connectivity index (χ3n) is 14.4. The van der Waals surface area contributed by atoms with E-state index in [9.17, 15) is 0 Å². The summed E-state index contributed by atoms with van der Waals surface area (Å²) in [6.45, 7) is 36.5. The maximum Gasteiger partial charge on any atom is 0.472 e. The average molecular weight is 1090 g/mol. The second kappa shape index (κ2) is 27.7. The van der Waals surface area contributed by atoms with E-state index in [1.165, 1.54) is 49.0 Å². The highest BCUT2D eigenvalue weighted by Crippen LogP contribution is 2.48. The Labute approximate surface area is 470 Å². The van der Waals surface area contributed by atoms with E-state index in [2.05, 4.69) is 169 Å². The minimum Gasteiger partial charge on any atom is -1.00 e. The number of aromatic nitrogens is 2. The monoisotopic (exact) mass is 1080 g/mol. The van der Waals surface area contributed by atoms with E-state index < -0.39 is 6.17 Å². The van der Waals surface area contributed by atoms with Crippen LogP contribution in [0.2, 0.25) is 0 Å². The number of nitrogens with zero attached hydrogens (tertiary/aromatic N) is 4. The van der Waals surface area contributed by atoms with Gasteiger partial charge < -0.3 is 19.3 Å². The number of phenols is 1. The molecule has 1 aromatic heterocycles. The van der Waals surface area contributed by atoms with Gasteiger partial charge in [-0.3, -0.25) is 14.5 Å². The van der Waals surface area contributed by atoms with Gasteiger partial charge in [0.2, 0.25) is 0 Å². The molecule has 7 nitrogen and oxygen atoms in total. The van der Waals surface area contributed by atoms with Crippen LogP contribution in [-0.2, 0) is 0 Å². The van der Waals surface area contributed by atoms with Crippen LogP contribution in [-0.4, -0.2) is 23.0 Å². The summed E-state index contributed by atoms with van der Waals surface area (Å²) in [6.07, 6.45) is 4.21. The number of ether oxygens (including phenoxy) is 2. The summed E-state index contributed by atoms with van der Waals surface area (Å²) in [7, 11) is 1.68. The number of aromatic hydroxyl groups is 1. The molecule has 426 valence electrons. The summed E-state index contributed by atoms with van der Waals surface area (Å²) >= 11 is 0. The van der Waals surface area contributed by atoms with Crippen molar-refractivity contribution < 1.29 is 37.3 Å². The molecule has 0 saturated carbocycles. The summed E-state index contributed by atoms with van der Waals surface area (Å²) in [4.78, 5) is 2.36. The molecule has 79 heavy (non-hydrogen) atoms. The molecule has 0 aliphatic carbocycles. The van der Waals surface area contributed by atoms with Crippen LogP contribution in [0.15, 0.2) is 146 Å². The molecule has 0 unspecified atom stereocenters. The number of benzene rings is 6. The Balaban J connectivity index is 0.000000295. The first kappa shape index (κ1) is 64.5. The number of rotatable bonds is 15. The van der Waals surface area contributed by atoms with Crippen molar-refractivity contribution in [2.24, 2.45) is 0 Å². The zero-order valence-corrected chi connectivity index (χ0v) is 50.1. The lowest BCUT2D eigenvalue weighted by Gasteiger charge is -2.37. The van der Waals surface area contributed by atoms with Crippen LogP contribution in [0.3, 0.4) is 0 Å². The number of anilines is 2. The van der Waals surface area contributed by atoms with Crippen LogP contribution in [0.4, 0.5) is 24.9 Å². The number of para-hydroxylation sites is 4. The van der Waals surface area contributed by atoms with Crippen LogP contribution in [0.1, 0.15) is 208 Å². The molecule has 0 radical (unpaired) electrons. The standard InChI is InChI=1S/C34H43N2O2.C27H36F2N2.C7H8O.2FH/c1-22(2)28-12-10-13-29(23(3)4)32(28)35-20-21-36(34(35)38-27-18-16-26(37-9)17-19-27)33-30(24(5)6)14-11-15-31(33)25(7)8;1-17(2)21-11-9-12-22(18(3)4)25(21)30-15-16-31(27(30,28)29)26-23(19(5)6)13-10-14-24(26)20(7)8;1-6-2-4-7(8)5-3-6;;/h10-25H,1-9H3;9-20H,1-8H3;2-5,8H,1H3;2*1H/q+1;;;;/p-1. The van der Waals surface area contributed by atoms with E-state index in [0.717, 1.165) is 39.8 Å². The molecule has 0 amide bonds. The van der Waals surface area contributed by atoms with Crippen molar-refractivity contribution in [3.8, 4) is 34.6 Å². The van der Waals surface area contributed by atoms with E-state index in [-0.39, 0.29) is 33.1 Å². The summed E-state index contributed by atoms with van der Waals surface area (Å²) in [5.41, 5.74) is 13.8. The molecule has 1 N–H and O–H groups in total. The van der Waals surface area contributed by atoms with E-state index in [1.54, 1.807) is 31.6 Å². The predicted molar refractivity (Wildman–Crippen MR) is 320 cm³/mol. The Morgan fingerprint density at radius 3 is 1.09 bits per heavy atom. The predicted octanol–water partition coefficient (Wildman–Crippen LogP) is 16.4. The van der Waals surface area contributed by atoms with Gasteiger partial charge in [0.15, 0.2) is 0 Å². The largest absolute Gasteiger partial charge is 1.00 e. The van der Waals surface area contributed by atoms with Gasteiger partial charge in [-0.05, 0) is 113 Å². The van der Waals surface area contributed by atoms with Gasteiger partial charge in [0.1, 0.15) is 41.0 Å². The van der Waals surface area contributed by atoms with E-state index in [1.807, 2.05) is 79.7 Å². The Morgan fingerprint density at radius 2 is 0.772 bits per heavy atom. The lowest BCUT2D eigenvalue weighted by Crippen LogP contribution is -3.00. The molecule has 0 saturated heterocycles. The molecule has 0 atom stereocenters. The molecule has 2 heterocycles. The number of phenolic OH excluding ortho intramolecular Hbond substituents is 1. The molecule has 8 rings (SSSR count). The van der Waals surface area contributed by atoms with Crippen molar-refractivity contribution in [3.63, 3.8) is 0 Å². The van der Waals surface area contributed by atoms with Gasteiger partial charge in [0, 0.05) is 34.7 Å². The van der Waals surface area contributed by atoms with Gasteiger partial charge in [-0.15, -0.1) is 0 Å². The van der Waals surface area contributed by atoms with Crippen LogP contribution >= 0.6 is 0 Å². The molecule has 1 aliphatic heterocycles. The summed E-state index contributed by atoms with van der Waals surface area (Å²) in [5.74, 6) is 3.91. The molecular formula is C68H88F4N4O3. The first-order valence-electron chi connectivity index (χ1n) is 27.8. The van der Waals surface area contributed by atoms with Crippen LogP contribution < -0.4 is 28.5 Å². The van der Waals surface area contributed by atoms with E-state index in [0.29, 0.717) is 40.8 Å². The first-order chi connectivity index (χ1) is 36.4. The van der Waals surface area contributed by atoms with Crippen molar-refractivity contribution >= 4 is 11.4 Å². The van der Waals surface area contributed by atoms with Crippen molar-refractivity contribution in [2.45, 2.75) is 171 Å². The van der Waals surface area contributed by atoms with Crippen LogP contribution in [0.5, 0.6) is 23.3 Å². The minimum absolute atomic E-state index is 0. The molecular weight excluding hydrogens is 997 g/mol. The van der Waals surface area contributed by atoms with Gasteiger partial charge in [-0.2, -0.15) is 17.9 Å². The highest BCUT2D eigenvalue weighted by Gasteiger charge is 2.49. The summed E-state index contributed by atoms with van der Waals surface area (Å²) < 4.78 is 49.1. The highest BCUT2D eigenvalue weighted by atomic mass is 19.3. The minimum atomic E-state index is -3.21. The molecule has 0 fully saturated rings. The quantitative estimate of drug-likeness (QED) is 0.0630. The zero-order valence-electron chi connectivity index (χ0n) is 50.1. The Kier molecular flexibility index (Phi) is 22.6. The molecule has 6 aromatic carbocycles. The van der Waals surface area contributed by atoms with Gasteiger partial charge in [-0.1, -0.05) is 201 Å².